The first-order valence-electron chi connectivity index (χ1n) is 6.53. The topological polar surface area (TPSA) is 78.8 Å². The summed E-state index contributed by atoms with van der Waals surface area (Å²) in [5.41, 5.74) is 2.71. The minimum absolute atomic E-state index is 0.0804. The fourth-order valence-corrected chi connectivity index (χ4v) is 2.04. The van der Waals surface area contributed by atoms with Crippen molar-refractivity contribution in [2.45, 2.75) is 19.9 Å². The number of aromatic nitrogens is 4. The van der Waals surface area contributed by atoms with Crippen LogP contribution in [0.1, 0.15) is 28.5 Å². The zero-order valence-electron chi connectivity index (χ0n) is 12.3. The maximum absolute atomic E-state index is 12.0. The van der Waals surface area contributed by atoms with Crippen molar-refractivity contribution in [1.29, 1.82) is 0 Å². The summed E-state index contributed by atoms with van der Waals surface area (Å²) in [6.45, 7) is 2.68. The lowest BCUT2D eigenvalue weighted by Gasteiger charge is -2.11. The van der Waals surface area contributed by atoms with Crippen molar-refractivity contribution in [2.24, 2.45) is 7.05 Å². The first-order valence-corrected chi connectivity index (χ1v) is 6.53. The van der Waals surface area contributed by atoms with Crippen LogP contribution in [0.25, 0.3) is 0 Å². The smallest absolute Gasteiger partial charge is 0.258 e. The third-order valence-corrected chi connectivity index (χ3v) is 3.06. The summed E-state index contributed by atoms with van der Waals surface area (Å²) in [5, 5.41) is 14.4. The second-order valence-corrected chi connectivity index (χ2v) is 4.84. The first kappa shape index (κ1) is 14.1. The Morgan fingerprint density at radius 1 is 1.50 bits per heavy atom. The number of nitrogens with zero attached hydrogens (tertiary/aromatic N) is 4. The van der Waals surface area contributed by atoms with Crippen LogP contribution in [0.3, 0.4) is 0 Å². The Bertz CT molecular complexity index is 598. The highest BCUT2D eigenvalue weighted by molar-refractivity contribution is 5.98. The number of rotatable bonds is 5. The SMILES string of the molecule is CCc1nn(C)cc1CNc1[nH]ncc1C(=O)N(C)C. The van der Waals surface area contributed by atoms with Gasteiger partial charge in [0, 0.05) is 39.4 Å². The Morgan fingerprint density at radius 2 is 2.25 bits per heavy atom. The van der Waals surface area contributed by atoms with Crippen LogP contribution in [-0.4, -0.2) is 44.9 Å². The molecule has 1 amide bonds. The summed E-state index contributed by atoms with van der Waals surface area (Å²) >= 11 is 0. The summed E-state index contributed by atoms with van der Waals surface area (Å²) in [5.74, 6) is 0.553. The molecule has 108 valence electrons. The van der Waals surface area contributed by atoms with Gasteiger partial charge in [0.1, 0.15) is 11.4 Å². The molecule has 2 heterocycles. The van der Waals surface area contributed by atoms with Gasteiger partial charge in [-0.1, -0.05) is 6.92 Å². The number of nitrogens with one attached hydrogen (secondary N) is 2. The lowest BCUT2D eigenvalue weighted by Crippen LogP contribution is -2.22. The van der Waals surface area contributed by atoms with Gasteiger partial charge in [-0.25, -0.2) is 0 Å². The fraction of sp³-hybridized carbons (Fsp3) is 0.462. The van der Waals surface area contributed by atoms with Crippen molar-refractivity contribution in [3.8, 4) is 0 Å². The molecule has 0 bridgehead atoms. The molecule has 0 atom stereocenters. The minimum atomic E-state index is -0.0804. The molecule has 0 aromatic carbocycles. The summed E-state index contributed by atoms with van der Waals surface area (Å²) in [7, 11) is 5.34. The van der Waals surface area contributed by atoms with Crippen molar-refractivity contribution < 1.29 is 4.79 Å². The van der Waals surface area contributed by atoms with Crippen molar-refractivity contribution in [2.75, 3.05) is 19.4 Å². The number of carbonyl (C=O) groups is 1. The van der Waals surface area contributed by atoms with Crippen LogP contribution in [-0.2, 0) is 20.0 Å². The predicted molar refractivity (Wildman–Crippen MR) is 76.5 cm³/mol. The quantitative estimate of drug-likeness (QED) is 0.854. The van der Waals surface area contributed by atoms with Gasteiger partial charge >= 0.3 is 0 Å². The summed E-state index contributed by atoms with van der Waals surface area (Å²) in [6, 6.07) is 0. The second kappa shape index (κ2) is 5.77. The van der Waals surface area contributed by atoms with E-state index in [-0.39, 0.29) is 5.91 Å². The molecule has 7 nitrogen and oxygen atoms in total. The Hall–Kier alpha value is -2.31. The zero-order valence-corrected chi connectivity index (χ0v) is 12.3. The predicted octanol–water partition coefficient (Wildman–Crippen LogP) is 1.02. The highest BCUT2D eigenvalue weighted by Crippen LogP contribution is 2.15. The van der Waals surface area contributed by atoms with E-state index >= 15 is 0 Å². The average molecular weight is 276 g/mol. The van der Waals surface area contributed by atoms with Crippen LogP contribution in [0.5, 0.6) is 0 Å². The molecule has 0 aliphatic carbocycles. The number of amides is 1. The first-order chi connectivity index (χ1) is 9.52. The molecule has 20 heavy (non-hydrogen) atoms. The molecule has 2 aromatic heterocycles. The number of hydrogen-bond acceptors (Lipinski definition) is 4. The standard InChI is InChI=1S/C13H20N6O/c1-5-11-9(8-19(4)17-11)6-14-12-10(7-15-16-12)13(20)18(2)3/h7-8H,5-6H2,1-4H3,(H2,14,15,16). The van der Waals surface area contributed by atoms with Gasteiger partial charge in [-0.05, 0) is 6.42 Å². The number of hydrogen-bond donors (Lipinski definition) is 2. The molecule has 2 rings (SSSR count). The zero-order chi connectivity index (χ0) is 14.7. The van der Waals surface area contributed by atoms with Gasteiger partial charge in [0.25, 0.3) is 5.91 Å². The maximum atomic E-state index is 12.0. The van der Waals surface area contributed by atoms with Crippen LogP contribution >= 0.6 is 0 Å². The molecule has 0 saturated carbocycles. The Labute approximate surface area is 118 Å². The Kier molecular flexibility index (Phi) is 4.07. The van der Waals surface area contributed by atoms with Crippen LogP contribution in [0.15, 0.2) is 12.4 Å². The molecule has 0 aliphatic rings. The molecule has 2 aromatic rings. The van der Waals surface area contributed by atoms with Gasteiger partial charge < -0.3 is 10.2 Å². The van der Waals surface area contributed by atoms with E-state index in [0.29, 0.717) is 17.9 Å². The van der Waals surface area contributed by atoms with Gasteiger partial charge in [0.15, 0.2) is 0 Å². The number of anilines is 1. The molecule has 0 saturated heterocycles. The van der Waals surface area contributed by atoms with E-state index in [1.165, 1.54) is 11.1 Å². The molecule has 0 fully saturated rings. The van der Waals surface area contributed by atoms with Crippen molar-refractivity contribution >= 4 is 11.7 Å². The molecular weight excluding hydrogens is 256 g/mol. The third kappa shape index (κ3) is 2.81. The van der Waals surface area contributed by atoms with Crippen molar-refractivity contribution in [3.63, 3.8) is 0 Å². The number of aromatic amines is 1. The molecule has 0 radical (unpaired) electrons. The Morgan fingerprint density at radius 3 is 2.90 bits per heavy atom. The lowest BCUT2D eigenvalue weighted by molar-refractivity contribution is 0.0828. The van der Waals surface area contributed by atoms with Gasteiger partial charge in [0.05, 0.1) is 11.9 Å². The van der Waals surface area contributed by atoms with E-state index < -0.39 is 0 Å². The van der Waals surface area contributed by atoms with E-state index in [1.807, 2.05) is 13.2 Å². The summed E-state index contributed by atoms with van der Waals surface area (Å²) in [6.07, 6.45) is 4.40. The fourth-order valence-electron chi connectivity index (χ4n) is 2.04. The average Bonchev–Trinajstić information content (AvgIpc) is 3.01. The molecule has 0 unspecified atom stereocenters. The van der Waals surface area contributed by atoms with Crippen LogP contribution in [0, 0.1) is 0 Å². The number of carbonyl (C=O) groups excluding carboxylic acids is 1. The molecule has 0 aliphatic heterocycles. The highest BCUT2D eigenvalue weighted by atomic mass is 16.2. The summed E-state index contributed by atoms with van der Waals surface area (Å²) < 4.78 is 1.80. The van der Waals surface area contributed by atoms with Crippen molar-refractivity contribution in [1.82, 2.24) is 24.9 Å². The van der Waals surface area contributed by atoms with Gasteiger partial charge in [-0.15, -0.1) is 0 Å². The minimum Gasteiger partial charge on any atom is -0.366 e. The second-order valence-electron chi connectivity index (χ2n) is 4.84. The summed E-state index contributed by atoms with van der Waals surface area (Å²) in [4.78, 5) is 13.5. The largest absolute Gasteiger partial charge is 0.366 e. The normalized spacial score (nSPS) is 10.6. The highest BCUT2D eigenvalue weighted by Gasteiger charge is 2.16. The number of H-pyrrole nitrogens is 1. The lowest BCUT2D eigenvalue weighted by atomic mass is 10.2. The van der Waals surface area contributed by atoms with E-state index in [1.54, 1.807) is 18.8 Å². The third-order valence-electron chi connectivity index (χ3n) is 3.06. The molecule has 2 N–H and O–H groups in total. The van der Waals surface area contributed by atoms with Gasteiger partial charge in [0.2, 0.25) is 0 Å². The van der Waals surface area contributed by atoms with E-state index in [9.17, 15) is 4.79 Å². The van der Waals surface area contributed by atoms with Crippen molar-refractivity contribution in [3.05, 3.63) is 29.2 Å². The van der Waals surface area contributed by atoms with Gasteiger partial charge in [-0.2, -0.15) is 10.2 Å². The van der Waals surface area contributed by atoms with E-state index in [4.69, 9.17) is 0 Å². The maximum Gasteiger partial charge on any atom is 0.258 e. The van der Waals surface area contributed by atoms with Gasteiger partial charge in [-0.3, -0.25) is 14.6 Å². The molecule has 7 heteroatoms. The van der Waals surface area contributed by atoms with E-state index in [0.717, 1.165) is 17.7 Å². The number of aryl methyl sites for hydroxylation is 2. The monoisotopic (exact) mass is 276 g/mol. The van der Waals surface area contributed by atoms with Crippen LogP contribution in [0.2, 0.25) is 0 Å². The van der Waals surface area contributed by atoms with Crippen LogP contribution < -0.4 is 5.32 Å². The Balaban J connectivity index is 2.12. The van der Waals surface area contributed by atoms with E-state index in [2.05, 4.69) is 27.5 Å². The molecular formula is C13H20N6O. The molecule has 0 spiro atoms. The van der Waals surface area contributed by atoms with Crippen LogP contribution in [0.4, 0.5) is 5.82 Å².